The number of anilines is 2. The molecule has 41 heavy (non-hydrogen) atoms. The number of hydrogen-bond donors (Lipinski definition) is 4. The molecule has 0 aromatic heterocycles. The minimum atomic E-state index is -1.90. The number of hydrogen-bond acceptors (Lipinski definition) is 7. The van der Waals surface area contributed by atoms with Crippen LogP contribution in [-0.4, -0.2) is 38.3 Å². The summed E-state index contributed by atoms with van der Waals surface area (Å²) >= 11 is 0. The van der Waals surface area contributed by atoms with Crippen molar-refractivity contribution in [1.82, 2.24) is 0 Å². The average molecular weight is 560 g/mol. The summed E-state index contributed by atoms with van der Waals surface area (Å²) in [5.74, 6) is -6.70. The van der Waals surface area contributed by atoms with Gasteiger partial charge in [0.25, 0.3) is 0 Å². The number of aryl methyl sites for hydroxylation is 4. The first-order valence-corrected chi connectivity index (χ1v) is 13.2. The van der Waals surface area contributed by atoms with Gasteiger partial charge in [-0.3, -0.25) is 24.5 Å². The van der Waals surface area contributed by atoms with Crippen molar-refractivity contribution in [3.05, 3.63) is 92.5 Å². The average Bonchev–Trinajstić information content (AvgIpc) is 2.86. The zero-order valence-electron chi connectivity index (χ0n) is 23.5. The van der Waals surface area contributed by atoms with Gasteiger partial charge < -0.3 is 20.8 Å². The van der Waals surface area contributed by atoms with Gasteiger partial charge >= 0.3 is 5.69 Å². The Labute approximate surface area is 237 Å². The molecule has 3 aromatic rings. The fourth-order valence-corrected chi connectivity index (χ4v) is 5.71. The highest BCUT2D eigenvalue weighted by molar-refractivity contribution is 6.10. The first-order chi connectivity index (χ1) is 19.2. The summed E-state index contributed by atoms with van der Waals surface area (Å²) in [5.41, 5.74) is 1.98. The topological polar surface area (TPSA) is 159 Å². The van der Waals surface area contributed by atoms with Crippen LogP contribution in [0.25, 0.3) is 0 Å². The van der Waals surface area contributed by atoms with Crippen molar-refractivity contribution < 1.29 is 29.5 Å². The van der Waals surface area contributed by atoms with Gasteiger partial charge in [0.2, 0.25) is 11.8 Å². The Morgan fingerprint density at radius 2 is 1.44 bits per heavy atom. The predicted octanol–water partition coefficient (Wildman–Crippen LogP) is 4.85. The summed E-state index contributed by atoms with van der Waals surface area (Å²) in [5, 5.41) is 38.9. The largest absolute Gasteiger partial charge is 0.502 e. The van der Waals surface area contributed by atoms with Crippen LogP contribution < -0.4 is 10.6 Å². The first-order valence-electron chi connectivity index (χ1n) is 13.2. The van der Waals surface area contributed by atoms with E-state index in [-0.39, 0.29) is 5.56 Å². The molecule has 1 aliphatic carbocycles. The molecule has 4 N–H and O–H groups in total. The summed E-state index contributed by atoms with van der Waals surface area (Å²) in [4.78, 5) is 52.1. The number of nitro groups is 1. The molecule has 2 amide bonds. The van der Waals surface area contributed by atoms with Crippen molar-refractivity contribution in [2.24, 2.45) is 11.8 Å². The third-order valence-electron chi connectivity index (χ3n) is 7.69. The third-order valence-corrected chi connectivity index (χ3v) is 7.69. The van der Waals surface area contributed by atoms with Crippen LogP contribution in [0.2, 0.25) is 0 Å². The van der Waals surface area contributed by atoms with E-state index in [1.54, 1.807) is 25.1 Å². The van der Waals surface area contributed by atoms with Gasteiger partial charge in [0.05, 0.1) is 16.4 Å². The standard InChI is InChI=1S/C31H33N3O7/c1-16-6-9-21(18(3)12-16)32-29(37)27-25(36)15-31(5,39)28(30(38)33-22-10-7-17(2)13-19(22)4)26(27)20-8-11-24(35)23(14-20)34(40)41/h6-14,26-28,35,39H,15H2,1-5H3,(H,32,37)(H,33,38). The van der Waals surface area contributed by atoms with Gasteiger partial charge in [-0.2, -0.15) is 0 Å². The van der Waals surface area contributed by atoms with Gasteiger partial charge in [-0.25, -0.2) is 0 Å². The van der Waals surface area contributed by atoms with Crippen LogP contribution in [0.5, 0.6) is 5.75 Å². The van der Waals surface area contributed by atoms with Gasteiger partial charge in [-0.1, -0.05) is 41.5 Å². The van der Waals surface area contributed by atoms with Gasteiger partial charge in [0.1, 0.15) is 11.7 Å². The molecule has 0 aliphatic heterocycles. The number of nitro benzene ring substituents is 1. The number of nitrogens with zero attached hydrogens (tertiary/aromatic N) is 1. The van der Waals surface area contributed by atoms with Crippen molar-refractivity contribution >= 4 is 34.7 Å². The quantitative estimate of drug-likeness (QED) is 0.191. The summed E-state index contributed by atoms with van der Waals surface area (Å²) in [6.07, 6.45) is -0.486. The number of ketones is 1. The second-order valence-corrected chi connectivity index (χ2v) is 11.1. The molecule has 0 bridgehead atoms. The van der Waals surface area contributed by atoms with Gasteiger partial charge in [0.15, 0.2) is 5.75 Å². The Morgan fingerprint density at radius 1 is 0.902 bits per heavy atom. The van der Waals surface area contributed by atoms with E-state index in [1.165, 1.54) is 13.0 Å². The Bertz CT molecular complexity index is 1560. The maximum atomic E-state index is 13.9. The molecule has 214 valence electrons. The second kappa shape index (κ2) is 11.1. The number of amides is 2. The lowest BCUT2D eigenvalue weighted by Gasteiger charge is -2.44. The monoisotopic (exact) mass is 559 g/mol. The van der Waals surface area contributed by atoms with Crippen LogP contribution >= 0.6 is 0 Å². The number of nitrogens with one attached hydrogen (secondary N) is 2. The van der Waals surface area contributed by atoms with Crippen molar-refractivity contribution in [2.75, 3.05) is 10.6 Å². The second-order valence-electron chi connectivity index (χ2n) is 11.1. The zero-order valence-corrected chi connectivity index (χ0v) is 23.5. The Kier molecular flexibility index (Phi) is 7.98. The highest BCUT2D eigenvalue weighted by atomic mass is 16.6. The Morgan fingerprint density at radius 3 is 1.95 bits per heavy atom. The smallest absolute Gasteiger partial charge is 0.310 e. The molecule has 10 nitrogen and oxygen atoms in total. The number of aliphatic hydroxyl groups is 1. The summed E-state index contributed by atoms with van der Waals surface area (Å²) in [6.45, 7) is 8.77. The lowest BCUT2D eigenvalue weighted by atomic mass is 9.61. The van der Waals surface area contributed by atoms with E-state index in [4.69, 9.17) is 0 Å². The molecular formula is C31H33N3O7. The highest BCUT2D eigenvalue weighted by Crippen LogP contribution is 2.48. The molecule has 10 heteroatoms. The molecule has 1 aliphatic rings. The van der Waals surface area contributed by atoms with E-state index >= 15 is 0 Å². The number of rotatable bonds is 6. The molecule has 0 radical (unpaired) electrons. The van der Waals surface area contributed by atoms with Crippen LogP contribution in [0.4, 0.5) is 17.1 Å². The van der Waals surface area contributed by atoms with E-state index in [2.05, 4.69) is 10.6 Å². The molecule has 0 saturated heterocycles. The van der Waals surface area contributed by atoms with E-state index < -0.39 is 63.7 Å². The maximum absolute atomic E-state index is 13.9. The highest BCUT2D eigenvalue weighted by Gasteiger charge is 2.56. The maximum Gasteiger partial charge on any atom is 0.310 e. The van der Waals surface area contributed by atoms with Crippen molar-refractivity contribution in [3.63, 3.8) is 0 Å². The first kappa shape index (κ1) is 29.4. The van der Waals surface area contributed by atoms with E-state index in [1.807, 2.05) is 39.0 Å². The lowest BCUT2D eigenvalue weighted by molar-refractivity contribution is -0.386. The molecule has 1 saturated carbocycles. The van der Waals surface area contributed by atoms with Gasteiger partial charge in [0, 0.05) is 29.8 Å². The SMILES string of the molecule is Cc1ccc(NC(=O)C2C(=O)CC(C)(O)C(C(=O)Nc3ccc(C)cc3C)C2c2ccc(O)c([N+](=O)[O-])c2)c(C)c1. The molecule has 1 fully saturated rings. The van der Waals surface area contributed by atoms with Crippen LogP contribution in [0, 0.1) is 49.6 Å². The third kappa shape index (κ3) is 5.97. The fourth-order valence-electron chi connectivity index (χ4n) is 5.71. The van der Waals surface area contributed by atoms with Gasteiger partial charge in [-0.15, -0.1) is 0 Å². The summed E-state index contributed by atoms with van der Waals surface area (Å²) in [7, 11) is 0. The molecular weight excluding hydrogens is 526 g/mol. The van der Waals surface area contributed by atoms with Crippen LogP contribution in [-0.2, 0) is 14.4 Å². The van der Waals surface area contributed by atoms with E-state index in [9.17, 15) is 34.7 Å². The zero-order chi connectivity index (χ0) is 30.2. The van der Waals surface area contributed by atoms with Crippen molar-refractivity contribution in [1.29, 1.82) is 0 Å². The Balaban J connectivity index is 1.85. The molecule has 4 unspecified atom stereocenters. The van der Waals surface area contributed by atoms with Crippen LogP contribution in [0.3, 0.4) is 0 Å². The minimum Gasteiger partial charge on any atom is -0.502 e. The number of carbonyl (C=O) groups excluding carboxylic acids is 3. The molecule has 0 heterocycles. The number of aromatic hydroxyl groups is 1. The minimum absolute atomic E-state index is 0.0874. The van der Waals surface area contributed by atoms with Gasteiger partial charge in [-0.05, 0) is 69.5 Å². The van der Waals surface area contributed by atoms with Crippen LogP contribution in [0.1, 0.15) is 47.1 Å². The molecule has 0 spiro atoms. The number of phenols is 1. The predicted molar refractivity (Wildman–Crippen MR) is 154 cm³/mol. The number of carbonyl (C=O) groups is 3. The normalized spacial score (nSPS) is 22.2. The van der Waals surface area contributed by atoms with E-state index in [0.29, 0.717) is 11.4 Å². The Hall–Kier alpha value is -4.57. The molecule has 3 aromatic carbocycles. The lowest BCUT2D eigenvalue weighted by Crippen LogP contribution is -2.56. The number of benzene rings is 3. The van der Waals surface area contributed by atoms with E-state index in [0.717, 1.165) is 34.4 Å². The number of Topliss-reactive ketones (excluding diaryl/α,β-unsaturated/α-hetero) is 1. The fraction of sp³-hybridized carbons (Fsp3) is 0.323. The molecule has 4 atom stereocenters. The number of phenolic OH excluding ortho intramolecular Hbond substituents is 1. The molecule has 4 rings (SSSR count). The van der Waals surface area contributed by atoms with Crippen LogP contribution in [0.15, 0.2) is 54.6 Å². The summed E-state index contributed by atoms with van der Waals surface area (Å²) < 4.78 is 0. The van der Waals surface area contributed by atoms with Crippen molar-refractivity contribution in [2.45, 2.75) is 52.6 Å². The van der Waals surface area contributed by atoms with Crippen molar-refractivity contribution in [3.8, 4) is 5.75 Å². The summed E-state index contributed by atoms with van der Waals surface area (Å²) in [6, 6.07) is 14.2.